The van der Waals surface area contributed by atoms with E-state index in [1.54, 1.807) is 7.11 Å². The molecule has 1 aliphatic rings. The van der Waals surface area contributed by atoms with E-state index in [0.717, 1.165) is 11.3 Å². The predicted molar refractivity (Wildman–Crippen MR) is 50.9 cm³/mol. The SMILES string of the molecule is COC1=Cc2ccccc2ON1.[Si]. The zero-order chi connectivity index (χ0) is 8.39. The van der Waals surface area contributed by atoms with Crippen LogP contribution >= 0.6 is 0 Å². The van der Waals surface area contributed by atoms with Gasteiger partial charge in [-0.15, -0.1) is 0 Å². The minimum atomic E-state index is 0. The monoisotopic (exact) mass is 191 g/mol. The molecule has 1 heterocycles. The lowest BCUT2D eigenvalue weighted by molar-refractivity contribution is 0.133. The molecule has 0 aliphatic carbocycles. The highest BCUT2D eigenvalue weighted by Crippen LogP contribution is 2.23. The Morgan fingerprint density at radius 1 is 1.31 bits per heavy atom. The quantitative estimate of drug-likeness (QED) is 0.675. The van der Waals surface area contributed by atoms with Gasteiger partial charge in [-0.3, -0.25) is 0 Å². The van der Waals surface area contributed by atoms with Gasteiger partial charge in [-0.25, -0.2) is 0 Å². The highest BCUT2D eigenvalue weighted by Gasteiger charge is 2.09. The van der Waals surface area contributed by atoms with Gasteiger partial charge >= 0.3 is 0 Å². The van der Waals surface area contributed by atoms with Crippen LogP contribution in [-0.4, -0.2) is 18.1 Å². The number of nitrogens with one attached hydrogen (secondary N) is 1. The summed E-state index contributed by atoms with van der Waals surface area (Å²) in [7, 11) is 1.59. The molecule has 1 aromatic carbocycles. The van der Waals surface area contributed by atoms with Crippen molar-refractivity contribution in [3.05, 3.63) is 35.7 Å². The first-order chi connectivity index (χ1) is 5.90. The van der Waals surface area contributed by atoms with Crippen molar-refractivity contribution in [2.45, 2.75) is 0 Å². The van der Waals surface area contributed by atoms with Crippen molar-refractivity contribution in [1.29, 1.82) is 0 Å². The molecule has 0 spiro atoms. The van der Waals surface area contributed by atoms with Crippen LogP contribution in [0, 0.1) is 0 Å². The standard InChI is InChI=1S/C9H9NO2.Si/c1-11-9-6-7-4-2-3-5-8(7)12-10-9;/h2-6,10H,1H3;. The molecule has 0 atom stereocenters. The molecule has 0 saturated heterocycles. The second-order valence-corrected chi connectivity index (χ2v) is 2.45. The fourth-order valence-corrected chi connectivity index (χ4v) is 1.07. The molecule has 13 heavy (non-hydrogen) atoms. The number of hydroxylamine groups is 1. The summed E-state index contributed by atoms with van der Waals surface area (Å²) in [4.78, 5) is 5.18. The summed E-state index contributed by atoms with van der Waals surface area (Å²) < 4.78 is 4.97. The third kappa shape index (κ3) is 1.84. The Hall–Kier alpha value is -1.42. The van der Waals surface area contributed by atoms with Crippen LogP contribution in [0.5, 0.6) is 5.75 Å². The van der Waals surface area contributed by atoms with Crippen LogP contribution in [0.25, 0.3) is 6.08 Å². The Labute approximate surface area is 81.3 Å². The maximum absolute atomic E-state index is 5.18. The molecule has 4 radical (unpaired) electrons. The number of ether oxygens (including phenoxy) is 1. The molecule has 0 aromatic heterocycles. The Kier molecular flexibility index (Phi) is 2.97. The van der Waals surface area contributed by atoms with E-state index >= 15 is 0 Å². The van der Waals surface area contributed by atoms with Gasteiger partial charge in [-0.2, -0.15) is 5.48 Å². The first kappa shape index (κ1) is 9.66. The first-order valence-electron chi connectivity index (χ1n) is 3.68. The van der Waals surface area contributed by atoms with Crippen LogP contribution in [0.1, 0.15) is 5.56 Å². The molecule has 3 nitrogen and oxygen atoms in total. The van der Waals surface area contributed by atoms with Crippen molar-refractivity contribution in [3.8, 4) is 5.75 Å². The molecule has 66 valence electrons. The predicted octanol–water partition coefficient (Wildman–Crippen LogP) is 1.15. The summed E-state index contributed by atoms with van der Waals surface area (Å²) in [5, 5.41) is 0. The fraction of sp³-hybridized carbons (Fsp3) is 0.111. The van der Waals surface area contributed by atoms with Crippen LogP contribution in [0.2, 0.25) is 0 Å². The Bertz CT molecular complexity index is 325. The van der Waals surface area contributed by atoms with Crippen molar-refractivity contribution in [2.75, 3.05) is 7.11 Å². The number of hydrogen-bond donors (Lipinski definition) is 1. The number of benzene rings is 1. The fourth-order valence-electron chi connectivity index (χ4n) is 1.07. The van der Waals surface area contributed by atoms with Crippen molar-refractivity contribution < 1.29 is 9.57 Å². The van der Waals surface area contributed by atoms with E-state index < -0.39 is 0 Å². The van der Waals surface area contributed by atoms with Crippen molar-refractivity contribution in [3.63, 3.8) is 0 Å². The van der Waals surface area contributed by atoms with E-state index in [2.05, 4.69) is 5.48 Å². The molecular formula is C9H9NO2Si. The Morgan fingerprint density at radius 3 is 2.85 bits per heavy atom. The molecular weight excluding hydrogens is 182 g/mol. The Balaban J connectivity index is 0.000000845. The van der Waals surface area contributed by atoms with Gasteiger partial charge in [-0.1, -0.05) is 18.2 Å². The first-order valence-corrected chi connectivity index (χ1v) is 3.68. The highest BCUT2D eigenvalue weighted by atomic mass is 28.1. The van der Waals surface area contributed by atoms with Crippen LogP contribution < -0.4 is 10.3 Å². The topological polar surface area (TPSA) is 30.5 Å². The normalized spacial score (nSPS) is 12.5. The van der Waals surface area contributed by atoms with Gasteiger partial charge in [0.2, 0.25) is 5.88 Å². The van der Waals surface area contributed by atoms with Gasteiger partial charge in [0.15, 0.2) is 5.75 Å². The van der Waals surface area contributed by atoms with Crippen LogP contribution in [0.15, 0.2) is 30.1 Å². The van der Waals surface area contributed by atoms with Crippen molar-refractivity contribution in [2.24, 2.45) is 0 Å². The maximum atomic E-state index is 5.18. The number of methoxy groups -OCH3 is 1. The summed E-state index contributed by atoms with van der Waals surface area (Å²) in [6.07, 6.45) is 1.89. The minimum Gasteiger partial charge on any atom is -0.481 e. The second-order valence-electron chi connectivity index (χ2n) is 2.45. The molecule has 0 amide bonds. The zero-order valence-electron chi connectivity index (χ0n) is 7.20. The van der Waals surface area contributed by atoms with Crippen LogP contribution in [0.3, 0.4) is 0 Å². The van der Waals surface area contributed by atoms with Crippen LogP contribution in [0.4, 0.5) is 0 Å². The molecule has 2 rings (SSSR count). The molecule has 0 bridgehead atoms. The summed E-state index contributed by atoms with van der Waals surface area (Å²) in [5.41, 5.74) is 3.69. The van der Waals surface area contributed by atoms with E-state index in [1.807, 2.05) is 30.3 Å². The molecule has 1 aliphatic heterocycles. The number of hydrogen-bond acceptors (Lipinski definition) is 3. The summed E-state index contributed by atoms with van der Waals surface area (Å²) in [5.74, 6) is 1.44. The third-order valence-corrected chi connectivity index (χ3v) is 1.69. The van der Waals surface area contributed by atoms with Gasteiger partial charge in [0, 0.05) is 22.6 Å². The van der Waals surface area contributed by atoms with E-state index in [4.69, 9.17) is 9.57 Å². The van der Waals surface area contributed by atoms with E-state index in [0.29, 0.717) is 5.88 Å². The number of rotatable bonds is 1. The zero-order valence-corrected chi connectivity index (χ0v) is 8.20. The lowest BCUT2D eigenvalue weighted by atomic mass is 10.2. The van der Waals surface area contributed by atoms with Gasteiger partial charge in [0.25, 0.3) is 0 Å². The molecule has 1 aromatic rings. The second kappa shape index (κ2) is 4.00. The average molecular weight is 191 g/mol. The van der Waals surface area contributed by atoms with Gasteiger partial charge < -0.3 is 9.57 Å². The maximum Gasteiger partial charge on any atom is 0.220 e. The molecule has 1 N–H and O–H groups in total. The molecule has 4 heteroatoms. The van der Waals surface area contributed by atoms with Crippen molar-refractivity contribution >= 4 is 17.0 Å². The summed E-state index contributed by atoms with van der Waals surface area (Å²) in [6, 6.07) is 7.74. The minimum absolute atomic E-state index is 0. The smallest absolute Gasteiger partial charge is 0.220 e. The largest absolute Gasteiger partial charge is 0.481 e. The lowest BCUT2D eigenvalue weighted by Gasteiger charge is -2.16. The van der Waals surface area contributed by atoms with E-state index in [9.17, 15) is 0 Å². The number of fused-ring (bicyclic) bond motifs is 1. The lowest BCUT2D eigenvalue weighted by Crippen LogP contribution is -2.22. The molecule has 0 saturated carbocycles. The highest BCUT2D eigenvalue weighted by molar-refractivity contribution is 5.75. The van der Waals surface area contributed by atoms with Gasteiger partial charge in [-0.05, 0) is 6.07 Å². The Morgan fingerprint density at radius 2 is 2.08 bits per heavy atom. The summed E-state index contributed by atoms with van der Waals surface area (Å²) >= 11 is 0. The van der Waals surface area contributed by atoms with E-state index in [1.165, 1.54) is 0 Å². The number of para-hydroxylation sites is 1. The van der Waals surface area contributed by atoms with Crippen molar-refractivity contribution in [1.82, 2.24) is 5.48 Å². The average Bonchev–Trinajstić information content (AvgIpc) is 2.17. The van der Waals surface area contributed by atoms with Gasteiger partial charge in [0.1, 0.15) is 0 Å². The van der Waals surface area contributed by atoms with Gasteiger partial charge in [0.05, 0.1) is 7.11 Å². The summed E-state index contributed by atoms with van der Waals surface area (Å²) in [6.45, 7) is 0. The molecule has 0 unspecified atom stereocenters. The molecule has 0 fully saturated rings. The van der Waals surface area contributed by atoms with Crippen LogP contribution in [-0.2, 0) is 4.74 Å². The van der Waals surface area contributed by atoms with E-state index in [-0.39, 0.29) is 11.0 Å². The third-order valence-electron chi connectivity index (χ3n) is 1.69.